The fraction of sp³-hybridized carbons (Fsp3) is 0.300. The standard InChI is InChI=1S/C20H24N2O5S/c1-15(16-8-5-4-6-9-16)12-20(24)27-14-19(23)21-17-10-7-11-18(13-17)28(25,26)22(2)3/h4-11,13,15H,12,14H2,1-3H3,(H,21,23)/t15-/m0/s1. The number of nitrogens with one attached hydrogen (secondary N) is 1. The minimum Gasteiger partial charge on any atom is -0.456 e. The van der Waals surface area contributed by atoms with Crippen LogP contribution in [0.15, 0.2) is 59.5 Å². The Bertz CT molecular complexity index is 927. The highest BCUT2D eigenvalue weighted by Crippen LogP contribution is 2.19. The minimum absolute atomic E-state index is 0.0234. The summed E-state index contributed by atoms with van der Waals surface area (Å²) >= 11 is 0. The first-order valence-electron chi connectivity index (χ1n) is 8.73. The van der Waals surface area contributed by atoms with Gasteiger partial charge in [0.25, 0.3) is 5.91 Å². The van der Waals surface area contributed by atoms with Crippen molar-refractivity contribution < 1.29 is 22.7 Å². The molecule has 0 fully saturated rings. The SMILES string of the molecule is C[C@@H](CC(=O)OCC(=O)Nc1cccc(S(=O)(=O)N(C)C)c1)c1ccccc1. The van der Waals surface area contributed by atoms with Gasteiger partial charge in [-0.2, -0.15) is 0 Å². The van der Waals surface area contributed by atoms with Crippen molar-refractivity contribution in [1.82, 2.24) is 4.31 Å². The van der Waals surface area contributed by atoms with Gasteiger partial charge in [-0.15, -0.1) is 0 Å². The molecular weight excluding hydrogens is 380 g/mol. The maximum absolute atomic E-state index is 12.1. The third-order valence-electron chi connectivity index (χ3n) is 4.10. The number of hydrogen-bond acceptors (Lipinski definition) is 5. The Labute approximate surface area is 165 Å². The molecule has 0 saturated carbocycles. The maximum Gasteiger partial charge on any atom is 0.306 e. The molecule has 0 heterocycles. The average molecular weight is 404 g/mol. The van der Waals surface area contributed by atoms with Crippen molar-refractivity contribution in [3.05, 3.63) is 60.2 Å². The van der Waals surface area contributed by atoms with Crippen LogP contribution in [0.25, 0.3) is 0 Å². The Morgan fingerprint density at radius 3 is 2.39 bits per heavy atom. The Balaban J connectivity index is 1.88. The van der Waals surface area contributed by atoms with Crippen molar-refractivity contribution >= 4 is 27.6 Å². The van der Waals surface area contributed by atoms with E-state index >= 15 is 0 Å². The molecule has 28 heavy (non-hydrogen) atoms. The zero-order chi connectivity index (χ0) is 20.7. The number of ether oxygens (including phenoxy) is 1. The Morgan fingerprint density at radius 2 is 1.75 bits per heavy atom. The molecule has 1 N–H and O–H groups in total. The molecule has 1 atom stereocenters. The number of anilines is 1. The van der Waals surface area contributed by atoms with Crippen LogP contribution < -0.4 is 5.32 Å². The molecule has 0 radical (unpaired) electrons. The molecule has 1 amide bonds. The second kappa shape index (κ2) is 9.48. The lowest BCUT2D eigenvalue weighted by atomic mass is 9.98. The molecule has 2 aromatic carbocycles. The van der Waals surface area contributed by atoms with Gasteiger partial charge in [-0.1, -0.05) is 43.3 Å². The molecule has 0 aliphatic heterocycles. The van der Waals surface area contributed by atoms with Crippen molar-refractivity contribution in [3.63, 3.8) is 0 Å². The Kier molecular flexibility index (Phi) is 7.31. The van der Waals surface area contributed by atoms with Gasteiger partial charge in [0, 0.05) is 19.8 Å². The molecule has 7 nitrogen and oxygen atoms in total. The molecule has 0 aliphatic carbocycles. The van der Waals surface area contributed by atoms with E-state index in [0.717, 1.165) is 9.87 Å². The third-order valence-corrected chi connectivity index (χ3v) is 5.91. The quantitative estimate of drug-likeness (QED) is 0.683. The molecule has 2 aromatic rings. The molecule has 0 spiro atoms. The zero-order valence-electron chi connectivity index (χ0n) is 16.1. The van der Waals surface area contributed by atoms with E-state index in [-0.39, 0.29) is 17.2 Å². The number of benzene rings is 2. The third kappa shape index (κ3) is 5.90. The van der Waals surface area contributed by atoms with E-state index < -0.39 is 28.5 Å². The summed E-state index contributed by atoms with van der Waals surface area (Å²) in [5, 5.41) is 2.53. The number of rotatable bonds is 8. The predicted octanol–water partition coefficient (Wildman–Crippen LogP) is 2.61. The second-order valence-corrected chi connectivity index (χ2v) is 8.69. The van der Waals surface area contributed by atoms with Gasteiger partial charge in [0.05, 0.1) is 11.3 Å². The van der Waals surface area contributed by atoms with Crippen molar-refractivity contribution in [3.8, 4) is 0 Å². The first kappa shape index (κ1) is 21.6. The maximum atomic E-state index is 12.1. The Morgan fingerprint density at radius 1 is 1.07 bits per heavy atom. The lowest BCUT2D eigenvalue weighted by Gasteiger charge is -2.13. The van der Waals surface area contributed by atoms with Crippen LogP contribution >= 0.6 is 0 Å². The number of esters is 1. The summed E-state index contributed by atoms with van der Waals surface area (Å²) in [7, 11) is -0.750. The van der Waals surface area contributed by atoms with Gasteiger partial charge in [-0.25, -0.2) is 12.7 Å². The van der Waals surface area contributed by atoms with Crippen LogP contribution in [-0.4, -0.2) is 45.3 Å². The topological polar surface area (TPSA) is 92.8 Å². The van der Waals surface area contributed by atoms with E-state index in [2.05, 4.69) is 5.32 Å². The number of amides is 1. The molecule has 2 rings (SSSR count). The summed E-state index contributed by atoms with van der Waals surface area (Å²) < 4.78 is 30.4. The van der Waals surface area contributed by atoms with E-state index in [9.17, 15) is 18.0 Å². The summed E-state index contributed by atoms with van der Waals surface area (Å²) in [6.45, 7) is 1.47. The number of hydrogen-bond donors (Lipinski definition) is 1. The molecule has 150 valence electrons. The van der Waals surface area contributed by atoms with Gasteiger partial charge in [-0.05, 0) is 29.7 Å². The van der Waals surface area contributed by atoms with Crippen LogP contribution in [0.5, 0.6) is 0 Å². The van der Waals surface area contributed by atoms with Crippen LogP contribution in [0.2, 0.25) is 0 Å². The van der Waals surface area contributed by atoms with E-state index in [1.165, 1.54) is 32.3 Å². The van der Waals surface area contributed by atoms with Crippen LogP contribution in [0.4, 0.5) is 5.69 Å². The largest absolute Gasteiger partial charge is 0.456 e. The molecule has 0 aromatic heterocycles. The molecular formula is C20H24N2O5S. The number of carbonyl (C=O) groups excluding carboxylic acids is 2. The van der Waals surface area contributed by atoms with Crippen LogP contribution in [0.1, 0.15) is 24.8 Å². The molecule has 0 saturated heterocycles. The first-order chi connectivity index (χ1) is 13.2. The normalized spacial score (nSPS) is 12.4. The zero-order valence-corrected chi connectivity index (χ0v) is 16.9. The van der Waals surface area contributed by atoms with Gasteiger partial charge in [0.15, 0.2) is 6.61 Å². The van der Waals surface area contributed by atoms with Gasteiger partial charge in [0.2, 0.25) is 10.0 Å². The highest BCUT2D eigenvalue weighted by Gasteiger charge is 2.18. The fourth-order valence-corrected chi connectivity index (χ4v) is 3.44. The molecule has 8 heteroatoms. The van der Waals surface area contributed by atoms with Crippen LogP contribution in [-0.2, 0) is 24.3 Å². The smallest absolute Gasteiger partial charge is 0.306 e. The van der Waals surface area contributed by atoms with Crippen LogP contribution in [0.3, 0.4) is 0 Å². The molecule has 0 unspecified atom stereocenters. The Hall–Kier alpha value is -2.71. The van der Waals surface area contributed by atoms with E-state index in [4.69, 9.17) is 4.74 Å². The molecule has 0 aliphatic rings. The lowest BCUT2D eigenvalue weighted by molar-refractivity contribution is -0.147. The monoisotopic (exact) mass is 404 g/mol. The van der Waals surface area contributed by atoms with E-state index in [0.29, 0.717) is 5.69 Å². The average Bonchev–Trinajstić information content (AvgIpc) is 2.67. The summed E-state index contributed by atoms with van der Waals surface area (Å²) in [5.41, 5.74) is 1.32. The minimum atomic E-state index is -3.60. The lowest BCUT2D eigenvalue weighted by Crippen LogP contribution is -2.23. The van der Waals surface area contributed by atoms with Gasteiger partial charge in [-0.3, -0.25) is 9.59 Å². The highest BCUT2D eigenvalue weighted by atomic mass is 32.2. The van der Waals surface area contributed by atoms with Crippen molar-refractivity contribution in [1.29, 1.82) is 0 Å². The van der Waals surface area contributed by atoms with Gasteiger partial charge < -0.3 is 10.1 Å². The number of sulfonamides is 1. The highest BCUT2D eigenvalue weighted by molar-refractivity contribution is 7.89. The fourth-order valence-electron chi connectivity index (χ4n) is 2.50. The van der Waals surface area contributed by atoms with E-state index in [1.807, 2.05) is 37.3 Å². The summed E-state index contributed by atoms with van der Waals surface area (Å²) in [6.07, 6.45) is 0.161. The van der Waals surface area contributed by atoms with Crippen molar-refractivity contribution in [2.24, 2.45) is 0 Å². The number of nitrogens with zero attached hydrogens (tertiary/aromatic N) is 1. The second-order valence-electron chi connectivity index (χ2n) is 6.54. The first-order valence-corrected chi connectivity index (χ1v) is 10.2. The summed E-state index contributed by atoms with van der Waals surface area (Å²) in [6, 6.07) is 15.4. The number of carbonyl (C=O) groups is 2. The summed E-state index contributed by atoms with van der Waals surface area (Å²) in [5.74, 6) is -1.04. The predicted molar refractivity (Wildman–Crippen MR) is 106 cm³/mol. The van der Waals surface area contributed by atoms with Gasteiger partial charge in [0.1, 0.15) is 0 Å². The summed E-state index contributed by atoms with van der Waals surface area (Å²) in [4.78, 5) is 24.0. The van der Waals surface area contributed by atoms with Gasteiger partial charge >= 0.3 is 5.97 Å². The molecule has 0 bridgehead atoms. The van der Waals surface area contributed by atoms with Crippen LogP contribution in [0, 0.1) is 0 Å². The van der Waals surface area contributed by atoms with E-state index in [1.54, 1.807) is 6.07 Å². The van der Waals surface area contributed by atoms with Crippen molar-refractivity contribution in [2.75, 3.05) is 26.0 Å². The van der Waals surface area contributed by atoms with Crippen molar-refractivity contribution in [2.45, 2.75) is 24.2 Å².